The number of amides is 1. The van der Waals surface area contributed by atoms with E-state index in [1.54, 1.807) is 23.7 Å². The Labute approximate surface area is 222 Å². The lowest BCUT2D eigenvalue weighted by Gasteiger charge is -2.23. The first-order valence-electron chi connectivity index (χ1n) is 11.2. The van der Waals surface area contributed by atoms with Crippen molar-refractivity contribution >= 4 is 29.2 Å². The highest BCUT2D eigenvalue weighted by Gasteiger charge is 2.40. The molecule has 0 unspecified atom stereocenters. The fourth-order valence-electron chi connectivity index (χ4n) is 3.77. The first-order chi connectivity index (χ1) is 18.1. The predicted octanol–water partition coefficient (Wildman–Crippen LogP) is 3.69. The highest BCUT2D eigenvalue weighted by atomic mass is 32.1. The second kappa shape index (κ2) is 13.7. The smallest absolute Gasteiger partial charge is 0.475 e. The molecule has 1 amide bonds. The number of alkyl halides is 6. The lowest BCUT2D eigenvalue weighted by molar-refractivity contribution is -0.193. The summed E-state index contributed by atoms with van der Waals surface area (Å²) in [6.45, 7) is 7.05. The molecule has 0 radical (unpaired) electrons. The number of aromatic nitrogens is 1. The third-order valence-electron chi connectivity index (χ3n) is 5.49. The van der Waals surface area contributed by atoms with Crippen molar-refractivity contribution in [3.63, 3.8) is 0 Å². The summed E-state index contributed by atoms with van der Waals surface area (Å²) < 4.78 is 69.5. The normalized spacial score (nSPS) is 19.5. The Bertz CT molecular complexity index is 1090. The molecule has 39 heavy (non-hydrogen) atoms. The topological polar surface area (TPSA) is 120 Å². The van der Waals surface area contributed by atoms with Crippen molar-refractivity contribution in [3.05, 3.63) is 52.0 Å². The summed E-state index contributed by atoms with van der Waals surface area (Å²) in [7, 11) is 0. The molecule has 2 aliphatic heterocycles. The van der Waals surface area contributed by atoms with Crippen LogP contribution in [0, 0.1) is 12.8 Å². The molecule has 2 fully saturated rings. The van der Waals surface area contributed by atoms with Gasteiger partial charge in [0.2, 0.25) is 0 Å². The van der Waals surface area contributed by atoms with Crippen molar-refractivity contribution in [1.82, 2.24) is 14.8 Å². The van der Waals surface area contributed by atoms with Crippen LogP contribution in [0.15, 0.2) is 35.3 Å². The zero-order chi connectivity index (χ0) is 29.4. The largest absolute Gasteiger partial charge is 0.490 e. The molecule has 0 saturated carbocycles. The Morgan fingerprint density at radius 1 is 1.05 bits per heavy atom. The number of carboxylic acids is 2. The summed E-state index contributed by atoms with van der Waals surface area (Å²) in [5, 5.41) is 18.6. The van der Waals surface area contributed by atoms with Gasteiger partial charge in [0.15, 0.2) is 0 Å². The Morgan fingerprint density at radius 2 is 1.67 bits per heavy atom. The number of aliphatic carboxylic acids is 2. The van der Waals surface area contributed by atoms with E-state index in [1.165, 1.54) is 5.56 Å². The molecule has 2 aromatic heterocycles. The number of carbonyl (C=O) groups excluding carboxylic acids is 1. The van der Waals surface area contributed by atoms with Gasteiger partial charge in [0.1, 0.15) is 0 Å². The second-order valence-electron chi connectivity index (χ2n) is 8.60. The van der Waals surface area contributed by atoms with Gasteiger partial charge in [0.05, 0.1) is 18.3 Å². The van der Waals surface area contributed by atoms with Gasteiger partial charge in [-0.3, -0.25) is 14.7 Å². The molecule has 2 atom stereocenters. The van der Waals surface area contributed by atoms with Gasteiger partial charge in [-0.1, -0.05) is 0 Å². The van der Waals surface area contributed by atoms with Gasteiger partial charge in [-0.15, -0.1) is 0 Å². The van der Waals surface area contributed by atoms with Crippen LogP contribution < -0.4 is 0 Å². The van der Waals surface area contributed by atoms with Crippen LogP contribution in [0.25, 0.3) is 0 Å². The van der Waals surface area contributed by atoms with Gasteiger partial charge < -0.3 is 19.8 Å². The summed E-state index contributed by atoms with van der Waals surface area (Å²) in [6, 6.07) is 4.09. The molecule has 4 rings (SSSR count). The van der Waals surface area contributed by atoms with Crippen molar-refractivity contribution in [3.8, 4) is 0 Å². The fourth-order valence-corrected chi connectivity index (χ4v) is 4.43. The first-order valence-corrected chi connectivity index (χ1v) is 12.2. The monoisotopic (exact) mass is 585 g/mol. The number of rotatable bonds is 3. The van der Waals surface area contributed by atoms with Crippen LogP contribution in [0.5, 0.6) is 0 Å². The molecule has 9 nitrogen and oxygen atoms in total. The van der Waals surface area contributed by atoms with Gasteiger partial charge in [-0.05, 0) is 40.9 Å². The van der Waals surface area contributed by atoms with E-state index in [2.05, 4.69) is 26.7 Å². The highest BCUT2D eigenvalue weighted by Crippen LogP contribution is 2.26. The maximum Gasteiger partial charge on any atom is 0.490 e. The molecule has 2 N–H and O–H groups in total. The molecular formula is C23H25F6N3O6S. The summed E-state index contributed by atoms with van der Waals surface area (Å²) >= 11 is 1.74. The molecule has 0 bridgehead atoms. The van der Waals surface area contributed by atoms with E-state index in [0.717, 1.165) is 38.3 Å². The molecule has 0 aliphatic carbocycles. The van der Waals surface area contributed by atoms with E-state index in [0.29, 0.717) is 18.0 Å². The SMILES string of the molecule is Cc1cncc(C(=O)N2C[C@@H]3CN(Cc4ccsc4)CCO[C@@H]3C2)c1.O=C(O)C(F)(F)F.O=C(O)C(F)(F)F. The van der Waals surface area contributed by atoms with Crippen LogP contribution in [-0.2, 0) is 20.9 Å². The third kappa shape index (κ3) is 10.4. The summed E-state index contributed by atoms with van der Waals surface area (Å²) in [6.07, 6.45) is -6.59. The quantitative estimate of drug-likeness (QED) is 0.524. The van der Waals surface area contributed by atoms with E-state index in [9.17, 15) is 31.1 Å². The molecule has 16 heteroatoms. The van der Waals surface area contributed by atoms with E-state index in [4.69, 9.17) is 24.5 Å². The van der Waals surface area contributed by atoms with Crippen molar-refractivity contribution in [1.29, 1.82) is 0 Å². The standard InChI is InChI=1S/C19H23N3O2S.2C2HF3O2/c1-14-6-16(8-20-7-14)19(23)22-11-17-10-21(3-4-24-18(17)12-22)9-15-2-5-25-13-15;2*3-2(4,5)1(6)7/h2,5-8,13,17-18H,3-4,9-12H2,1H3;2*(H,6,7)/t17-,18+;;/m0../s1. The molecule has 216 valence electrons. The zero-order valence-electron chi connectivity index (χ0n) is 20.4. The van der Waals surface area contributed by atoms with Crippen LogP contribution in [0.2, 0.25) is 0 Å². The van der Waals surface area contributed by atoms with Gasteiger partial charge >= 0.3 is 24.3 Å². The van der Waals surface area contributed by atoms with Gasteiger partial charge in [-0.2, -0.15) is 37.7 Å². The Kier molecular flexibility index (Phi) is 11.2. The molecule has 2 aliphatic rings. The highest BCUT2D eigenvalue weighted by molar-refractivity contribution is 7.07. The lowest BCUT2D eigenvalue weighted by Crippen LogP contribution is -2.33. The first kappa shape index (κ1) is 32.0. The van der Waals surface area contributed by atoms with Crippen molar-refractivity contribution in [2.24, 2.45) is 5.92 Å². The molecule has 0 aromatic carbocycles. The minimum Gasteiger partial charge on any atom is -0.475 e. The van der Waals surface area contributed by atoms with Crippen molar-refractivity contribution in [2.45, 2.75) is 31.9 Å². The number of aryl methyl sites for hydroxylation is 1. The maximum absolute atomic E-state index is 12.8. The second-order valence-corrected chi connectivity index (χ2v) is 9.38. The molecular weight excluding hydrogens is 560 g/mol. The maximum atomic E-state index is 12.8. The minimum atomic E-state index is -5.08. The summed E-state index contributed by atoms with van der Waals surface area (Å²) in [5.41, 5.74) is 3.05. The molecule has 2 aromatic rings. The summed E-state index contributed by atoms with van der Waals surface area (Å²) in [5.74, 6) is -5.07. The number of thiophene rings is 1. The average molecular weight is 586 g/mol. The minimum absolute atomic E-state index is 0.0669. The van der Waals surface area contributed by atoms with Crippen LogP contribution in [0.1, 0.15) is 21.5 Å². The Morgan fingerprint density at radius 3 is 2.18 bits per heavy atom. The average Bonchev–Trinajstić information content (AvgIpc) is 3.44. The van der Waals surface area contributed by atoms with Crippen LogP contribution in [0.3, 0.4) is 0 Å². The third-order valence-corrected chi connectivity index (χ3v) is 6.23. The Balaban J connectivity index is 0.000000317. The number of halogens is 6. The van der Waals surface area contributed by atoms with Crippen LogP contribution in [-0.4, -0.2) is 94.1 Å². The molecule has 2 saturated heterocycles. The molecule has 4 heterocycles. The predicted molar refractivity (Wildman–Crippen MR) is 125 cm³/mol. The Hall–Kier alpha value is -3.24. The van der Waals surface area contributed by atoms with Crippen molar-refractivity contribution in [2.75, 3.05) is 32.8 Å². The van der Waals surface area contributed by atoms with Crippen molar-refractivity contribution < 1.29 is 55.7 Å². The van der Waals surface area contributed by atoms with Gasteiger partial charge in [-0.25, -0.2) is 9.59 Å². The van der Waals surface area contributed by atoms with E-state index in [1.807, 2.05) is 17.9 Å². The number of ether oxygens (including phenoxy) is 1. The van der Waals surface area contributed by atoms with Gasteiger partial charge in [0.25, 0.3) is 5.91 Å². The van der Waals surface area contributed by atoms with Crippen LogP contribution in [0.4, 0.5) is 26.3 Å². The number of carboxylic acid groups (broad SMARTS) is 2. The van der Waals surface area contributed by atoms with Crippen LogP contribution >= 0.6 is 11.3 Å². The number of nitrogens with zero attached hydrogens (tertiary/aromatic N) is 3. The summed E-state index contributed by atoms with van der Waals surface area (Å²) in [4.78, 5) is 39.1. The molecule has 0 spiro atoms. The van der Waals surface area contributed by atoms with Gasteiger partial charge in [0, 0.05) is 51.0 Å². The van der Waals surface area contributed by atoms with E-state index in [-0.39, 0.29) is 12.0 Å². The number of carbonyl (C=O) groups is 3. The van der Waals surface area contributed by atoms with E-state index >= 15 is 0 Å². The number of hydrogen-bond donors (Lipinski definition) is 2. The zero-order valence-corrected chi connectivity index (χ0v) is 21.2. The number of fused-ring (bicyclic) bond motifs is 1. The number of hydrogen-bond acceptors (Lipinski definition) is 7. The number of pyridine rings is 1. The fraction of sp³-hybridized carbons (Fsp3) is 0.478. The van der Waals surface area contributed by atoms with E-state index < -0.39 is 24.3 Å². The lowest BCUT2D eigenvalue weighted by atomic mass is 10.1. The number of likely N-dealkylation sites (tertiary alicyclic amines) is 1.